The van der Waals surface area contributed by atoms with Crippen LogP contribution in [0.15, 0.2) is 18.2 Å². The Morgan fingerprint density at radius 3 is 2.53 bits per heavy atom. The highest BCUT2D eigenvalue weighted by Gasteiger charge is 2.34. The van der Waals surface area contributed by atoms with Crippen molar-refractivity contribution >= 4 is 5.97 Å². The molecule has 2 unspecified atom stereocenters. The summed E-state index contributed by atoms with van der Waals surface area (Å²) >= 11 is 0. The third-order valence-corrected chi connectivity index (χ3v) is 3.52. The Morgan fingerprint density at radius 2 is 2.00 bits per heavy atom. The first-order valence-electron chi connectivity index (χ1n) is 5.93. The number of rotatable bonds is 1. The molecule has 17 heavy (non-hydrogen) atoms. The van der Waals surface area contributed by atoms with E-state index in [0.717, 1.165) is 11.1 Å². The molecule has 1 aliphatic carbocycles. The number of benzene rings is 1. The Morgan fingerprint density at radius 1 is 1.35 bits per heavy atom. The lowest BCUT2D eigenvalue weighted by atomic mass is 9.85. The molecule has 0 radical (unpaired) electrons. The van der Waals surface area contributed by atoms with E-state index in [1.54, 1.807) is 0 Å². The smallest absolute Gasteiger partial charge is 0.311 e. The quantitative estimate of drug-likeness (QED) is 0.783. The number of fused-ring (bicyclic) bond motifs is 1. The second-order valence-corrected chi connectivity index (χ2v) is 5.83. The van der Waals surface area contributed by atoms with Crippen LogP contribution in [0.25, 0.3) is 0 Å². The first kappa shape index (κ1) is 12.1. The van der Waals surface area contributed by atoms with Crippen molar-refractivity contribution in [2.24, 2.45) is 5.73 Å². The van der Waals surface area contributed by atoms with Crippen LogP contribution < -0.4 is 5.73 Å². The molecular formula is C14H19NO2. The number of hydrogen-bond donors (Lipinski definition) is 2. The van der Waals surface area contributed by atoms with Crippen LogP contribution in [-0.2, 0) is 10.2 Å². The van der Waals surface area contributed by atoms with Gasteiger partial charge in [-0.15, -0.1) is 0 Å². The number of hydrogen-bond acceptors (Lipinski definition) is 2. The van der Waals surface area contributed by atoms with Gasteiger partial charge in [-0.25, -0.2) is 0 Å². The van der Waals surface area contributed by atoms with Crippen molar-refractivity contribution in [3.8, 4) is 0 Å². The third-order valence-electron chi connectivity index (χ3n) is 3.52. The third kappa shape index (κ3) is 2.07. The van der Waals surface area contributed by atoms with E-state index in [4.69, 9.17) is 10.8 Å². The van der Waals surface area contributed by atoms with Gasteiger partial charge in [0, 0.05) is 6.04 Å². The molecule has 1 aliphatic rings. The molecular weight excluding hydrogens is 214 g/mol. The molecule has 3 heteroatoms. The van der Waals surface area contributed by atoms with E-state index in [2.05, 4.69) is 26.8 Å². The minimum Gasteiger partial charge on any atom is -0.481 e. The molecule has 0 heterocycles. The fourth-order valence-electron chi connectivity index (χ4n) is 2.42. The standard InChI is InChI=1S/C14H19NO2/c1-14(2,3)8-4-5-9-10(6-8)12(15)7-11(9)13(16)17/h4-6,11-12H,7,15H2,1-3H3,(H,16,17). The van der Waals surface area contributed by atoms with E-state index in [9.17, 15) is 4.79 Å². The maximum Gasteiger partial charge on any atom is 0.311 e. The first-order valence-corrected chi connectivity index (χ1v) is 5.93. The minimum atomic E-state index is -0.775. The lowest BCUT2D eigenvalue weighted by Gasteiger charge is -2.20. The number of nitrogens with two attached hydrogens (primary N) is 1. The second kappa shape index (κ2) is 3.84. The van der Waals surface area contributed by atoms with Crippen LogP contribution in [-0.4, -0.2) is 11.1 Å². The summed E-state index contributed by atoms with van der Waals surface area (Å²) in [4.78, 5) is 11.1. The molecule has 1 aromatic carbocycles. The van der Waals surface area contributed by atoms with Crippen molar-refractivity contribution in [3.05, 3.63) is 34.9 Å². The highest BCUT2D eigenvalue weighted by atomic mass is 16.4. The van der Waals surface area contributed by atoms with Crippen LogP contribution in [0.1, 0.15) is 55.8 Å². The van der Waals surface area contributed by atoms with Gasteiger partial charge in [0.1, 0.15) is 0 Å². The Bertz CT molecular complexity index is 460. The lowest BCUT2D eigenvalue weighted by molar-refractivity contribution is -0.138. The monoisotopic (exact) mass is 233 g/mol. The van der Waals surface area contributed by atoms with Crippen LogP contribution in [0.3, 0.4) is 0 Å². The Kier molecular flexibility index (Phi) is 2.74. The van der Waals surface area contributed by atoms with Gasteiger partial charge in [-0.1, -0.05) is 39.0 Å². The molecule has 0 aliphatic heterocycles. The second-order valence-electron chi connectivity index (χ2n) is 5.83. The number of aliphatic carboxylic acids is 1. The van der Waals surface area contributed by atoms with Crippen LogP contribution in [0.5, 0.6) is 0 Å². The summed E-state index contributed by atoms with van der Waals surface area (Å²) in [5.41, 5.74) is 9.19. The molecule has 0 bridgehead atoms. The predicted molar refractivity (Wildman–Crippen MR) is 67.1 cm³/mol. The van der Waals surface area contributed by atoms with Crippen molar-refractivity contribution in [2.75, 3.05) is 0 Å². The van der Waals surface area contributed by atoms with Gasteiger partial charge in [0.2, 0.25) is 0 Å². The van der Waals surface area contributed by atoms with Gasteiger partial charge >= 0.3 is 5.97 Å². The van der Waals surface area contributed by atoms with E-state index in [0.29, 0.717) is 6.42 Å². The normalized spacial score (nSPS) is 23.5. The molecule has 0 amide bonds. The number of carbonyl (C=O) groups is 1. The van der Waals surface area contributed by atoms with E-state index in [1.807, 2.05) is 12.1 Å². The van der Waals surface area contributed by atoms with Gasteiger partial charge in [0.05, 0.1) is 5.92 Å². The zero-order valence-electron chi connectivity index (χ0n) is 10.5. The fourth-order valence-corrected chi connectivity index (χ4v) is 2.42. The average molecular weight is 233 g/mol. The van der Waals surface area contributed by atoms with E-state index in [-0.39, 0.29) is 11.5 Å². The lowest BCUT2D eigenvalue weighted by Crippen LogP contribution is -2.13. The maximum atomic E-state index is 11.1. The summed E-state index contributed by atoms with van der Waals surface area (Å²) in [6, 6.07) is 5.88. The molecule has 2 atom stereocenters. The van der Waals surface area contributed by atoms with E-state index in [1.165, 1.54) is 5.56 Å². The minimum absolute atomic E-state index is 0.0655. The fraction of sp³-hybridized carbons (Fsp3) is 0.500. The first-order chi connectivity index (χ1) is 7.80. The zero-order valence-corrected chi connectivity index (χ0v) is 10.5. The van der Waals surface area contributed by atoms with Crippen molar-refractivity contribution in [3.63, 3.8) is 0 Å². The molecule has 2 rings (SSSR count). The van der Waals surface area contributed by atoms with Gasteiger partial charge < -0.3 is 10.8 Å². The molecule has 0 spiro atoms. The van der Waals surface area contributed by atoms with Crippen LogP contribution in [0.4, 0.5) is 0 Å². The van der Waals surface area contributed by atoms with Crippen molar-refractivity contribution in [2.45, 2.75) is 44.6 Å². The Balaban J connectivity index is 2.48. The topological polar surface area (TPSA) is 63.3 Å². The number of carboxylic acids is 1. The van der Waals surface area contributed by atoms with Crippen LogP contribution in [0, 0.1) is 0 Å². The van der Waals surface area contributed by atoms with Crippen molar-refractivity contribution < 1.29 is 9.90 Å². The molecule has 0 aromatic heterocycles. The number of carboxylic acid groups (broad SMARTS) is 1. The molecule has 3 nitrogen and oxygen atoms in total. The summed E-state index contributed by atoms with van der Waals surface area (Å²) in [6.07, 6.45) is 0.512. The summed E-state index contributed by atoms with van der Waals surface area (Å²) < 4.78 is 0. The maximum absolute atomic E-state index is 11.1. The van der Waals surface area contributed by atoms with Crippen molar-refractivity contribution in [1.29, 1.82) is 0 Å². The predicted octanol–water partition coefficient (Wildman–Crippen LogP) is 2.56. The highest BCUT2D eigenvalue weighted by Crippen LogP contribution is 2.40. The molecule has 3 N–H and O–H groups in total. The SMILES string of the molecule is CC(C)(C)c1ccc2c(c1)C(N)CC2C(=O)O. The van der Waals surface area contributed by atoms with Gasteiger partial charge in [-0.3, -0.25) is 4.79 Å². The van der Waals surface area contributed by atoms with Gasteiger partial charge in [-0.05, 0) is 28.5 Å². The Labute approximate surface area is 102 Å². The summed E-state index contributed by atoms with van der Waals surface area (Å²) in [6.45, 7) is 6.43. The summed E-state index contributed by atoms with van der Waals surface area (Å²) in [5, 5.41) is 9.15. The van der Waals surface area contributed by atoms with Gasteiger partial charge in [0.25, 0.3) is 0 Å². The van der Waals surface area contributed by atoms with Crippen molar-refractivity contribution in [1.82, 2.24) is 0 Å². The highest BCUT2D eigenvalue weighted by molar-refractivity contribution is 5.78. The summed E-state index contributed by atoms with van der Waals surface area (Å²) in [7, 11) is 0. The van der Waals surface area contributed by atoms with E-state index >= 15 is 0 Å². The van der Waals surface area contributed by atoms with Crippen LogP contribution in [0.2, 0.25) is 0 Å². The van der Waals surface area contributed by atoms with E-state index < -0.39 is 11.9 Å². The van der Waals surface area contributed by atoms with Crippen LogP contribution >= 0.6 is 0 Å². The molecule has 0 saturated carbocycles. The molecule has 0 fully saturated rings. The Hall–Kier alpha value is -1.35. The average Bonchev–Trinajstić information content (AvgIpc) is 2.55. The molecule has 0 saturated heterocycles. The van der Waals surface area contributed by atoms with Gasteiger partial charge in [0.15, 0.2) is 0 Å². The zero-order chi connectivity index (χ0) is 12.8. The molecule has 1 aromatic rings. The van der Waals surface area contributed by atoms with Gasteiger partial charge in [-0.2, -0.15) is 0 Å². The summed E-state index contributed by atoms with van der Waals surface area (Å²) in [5.74, 6) is -1.21. The largest absolute Gasteiger partial charge is 0.481 e. The molecule has 92 valence electrons.